The Balaban J connectivity index is 3.20. The molecular weight excluding hydrogens is 284 g/mol. The highest BCUT2D eigenvalue weighted by Gasteiger charge is 2.10. The van der Waals surface area contributed by atoms with Crippen molar-refractivity contribution < 1.29 is 8.78 Å². The average molecular weight is 292 g/mol. The van der Waals surface area contributed by atoms with Crippen molar-refractivity contribution in [2.75, 3.05) is 0 Å². The van der Waals surface area contributed by atoms with E-state index in [1.165, 1.54) is 0 Å². The number of hydrogen-bond acceptors (Lipinski definition) is 1. The number of nitrogens with zero attached hydrogens (tertiary/aromatic N) is 2. The van der Waals surface area contributed by atoms with Gasteiger partial charge in [0.25, 0.3) is 0 Å². The number of benzene rings is 1. The Kier molecular flexibility index (Phi) is 3.78. The minimum atomic E-state index is -0.874. The first-order chi connectivity index (χ1) is 7.40. The Hall–Kier alpha value is -1.70. The second-order valence-electron chi connectivity index (χ2n) is 2.72. The molecule has 0 saturated heterocycles. The summed E-state index contributed by atoms with van der Waals surface area (Å²) < 4.78 is 26.8. The molecule has 86 valence electrons. The first-order valence-electron chi connectivity index (χ1n) is 3.98. The normalized spacial score (nSPS) is 11.3. The fourth-order valence-electron chi connectivity index (χ4n) is 0.913. The molecule has 0 amide bonds. The highest BCUT2D eigenvalue weighted by Crippen LogP contribution is 2.26. The predicted octanol–water partition coefficient (Wildman–Crippen LogP) is 0.947. The molecular formula is C8H8BrF2N5. The second kappa shape index (κ2) is 4.88. The second-order valence-corrected chi connectivity index (χ2v) is 3.64. The van der Waals surface area contributed by atoms with Crippen LogP contribution in [0.3, 0.4) is 0 Å². The molecule has 16 heavy (non-hydrogen) atoms. The maximum Gasteiger partial charge on any atom is 0.223 e. The highest BCUT2D eigenvalue weighted by molar-refractivity contribution is 9.10. The summed E-state index contributed by atoms with van der Waals surface area (Å²) in [6, 6.07) is 2.09. The molecule has 0 radical (unpaired) electrons. The number of nitrogens with two attached hydrogens (primary N) is 3. The lowest BCUT2D eigenvalue weighted by Gasteiger charge is -2.00. The van der Waals surface area contributed by atoms with Crippen LogP contribution >= 0.6 is 15.9 Å². The van der Waals surface area contributed by atoms with E-state index in [0.29, 0.717) is 0 Å². The van der Waals surface area contributed by atoms with E-state index in [2.05, 4.69) is 25.9 Å². The zero-order chi connectivity index (χ0) is 12.3. The van der Waals surface area contributed by atoms with Gasteiger partial charge in [-0.05, 0) is 12.1 Å². The van der Waals surface area contributed by atoms with E-state index in [1.807, 2.05) is 0 Å². The van der Waals surface area contributed by atoms with Crippen LogP contribution in [0.15, 0.2) is 26.6 Å². The summed E-state index contributed by atoms with van der Waals surface area (Å²) in [5, 5.41) is 0. The Morgan fingerprint density at radius 1 is 1.12 bits per heavy atom. The van der Waals surface area contributed by atoms with Crippen LogP contribution in [-0.4, -0.2) is 11.9 Å². The third-order valence-electron chi connectivity index (χ3n) is 1.45. The van der Waals surface area contributed by atoms with Crippen molar-refractivity contribution in [3.8, 4) is 0 Å². The molecule has 0 heterocycles. The third kappa shape index (κ3) is 3.16. The fraction of sp³-hybridized carbons (Fsp3) is 0. The number of aliphatic imine (C=N–C) groups is 2. The molecule has 0 bridgehead atoms. The maximum absolute atomic E-state index is 13.3. The summed E-state index contributed by atoms with van der Waals surface area (Å²) in [4.78, 5) is 6.75. The molecule has 6 N–H and O–H groups in total. The molecule has 0 aromatic heterocycles. The molecule has 8 heteroatoms. The number of guanidine groups is 2. The predicted molar refractivity (Wildman–Crippen MR) is 61.2 cm³/mol. The van der Waals surface area contributed by atoms with Gasteiger partial charge in [0.1, 0.15) is 5.69 Å². The van der Waals surface area contributed by atoms with Crippen molar-refractivity contribution in [3.05, 3.63) is 28.2 Å². The van der Waals surface area contributed by atoms with E-state index in [4.69, 9.17) is 17.2 Å². The number of hydrogen-bond donors (Lipinski definition) is 3. The average Bonchev–Trinajstić information content (AvgIpc) is 2.09. The summed E-state index contributed by atoms with van der Waals surface area (Å²) in [5.41, 5.74) is 14.7. The van der Waals surface area contributed by atoms with Crippen molar-refractivity contribution in [1.82, 2.24) is 0 Å². The van der Waals surface area contributed by atoms with Crippen LogP contribution < -0.4 is 17.2 Å². The van der Waals surface area contributed by atoms with Crippen molar-refractivity contribution in [3.63, 3.8) is 0 Å². The lowest BCUT2D eigenvalue weighted by molar-refractivity contribution is 0.586. The molecule has 5 nitrogen and oxygen atoms in total. The quantitative estimate of drug-likeness (QED) is 0.530. The molecule has 0 fully saturated rings. The largest absolute Gasteiger partial charge is 0.370 e. The van der Waals surface area contributed by atoms with Gasteiger partial charge in [-0.15, -0.1) is 0 Å². The SMILES string of the molecule is NC(N)=NC(N)=Nc1c(F)cc(Br)cc1F. The van der Waals surface area contributed by atoms with Crippen LogP contribution in [0, 0.1) is 11.6 Å². The van der Waals surface area contributed by atoms with Crippen LogP contribution in [-0.2, 0) is 0 Å². The summed E-state index contributed by atoms with van der Waals surface area (Å²) >= 11 is 2.93. The lowest BCUT2D eigenvalue weighted by Crippen LogP contribution is -2.26. The molecule has 0 aliphatic carbocycles. The molecule has 0 atom stereocenters. The molecule has 0 unspecified atom stereocenters. The third-order valence-corrected chi connectivity index (χ3v) is 1.91. The maximum atomic E-state index is 13.3. The van der Waals surface area contributed by atoms with Gasteiger partial charge in [-0.3, -0.25) is 0 Å². The van der Waals surface area contributed by atoms with Gasteiger partial charge in [0.15, 0.2) is 17.6 Å². The van der Waals surface area contributed by atoms with Crippen LogP contribution in [0.1, 0.15) is 0 Å². The minimum Gasteiger partial charge on any atom is -0.370 e. The Labute approximate surface area is 98.2 Å². The van der Waals surface area contributed by atoms with Gasteiger partial charge in [-0.1, -0.05) is 15.9 Å². The van der Waals surface area contributed by atoms with E-state index in [1.54, 1.807) is 0 Å². The van der Waals surface area contributed by atoms with E-state index < -0.39 is 23.3 Å². The van der Waals surface area contributed by atoms with Crippen LogP contribution in [0.4, 0.5) is 14.5 Å². The first-order valence-corrected chi connectivity index (χ1v) is 4.78. The Morgan fingerprint density at radius 2 is 1.62 bits per heavy atom. The van der Waals surface area contributed by atoms with Gasteiger partial charge < -0.3 is 17.2 Å². The van der Waals surface area contributed by atoms with Crippen molar-refractivity contribution >= 4 is 33.5 Å². The van der Waals surface area contributed by atoms with Gasteiger partial charge >= 0.3 is 0 Å². The summed E-state index contributed by atoms with van der Waals surface area (Å²) in [6.45, 7) is 0. The molecule has 1 rings (SSSR count). The van der Waals surface area contributed by atoms with Gasteiger partial charge in [-0.25, -0.2) is 13.8 Å². The molecule has 1 aromatic carbocycles. The lowest BCUT2D eigenvalue weighted by atomic mass is 10.3. The molecule has 0 spiro atoms. The molecule has 0 aliphatic rings. The summed E-state index contributed by atoms with van der Waals surface area (Å²) in [5.74, 6) is -2.53. The van der Waals surface area contributed by atoms with Gasteiger partial charge in [0.2, 0.25) is 5.96 Å². The van der Waals surface area contributed by atoms with E-state index in [9.17, 15) is 8.78 Å². The smallest absolute Gasteiger partial charge is 0.223 e. The Bertz CT molecular complexity index is 444. The molecule has 0 aliphatic heterocycles. The van der Waals surface area contributed by atoms with E-state index in [0.717, 1.165) is 12.1 Å². The van der Waals surface area contributed by atoms with Crippen molar-refractivity contribution in [2.24, 2.45) is 27.2 Å². The standard InChI is InChI=1S/C8H8BrF2N5/c9-3-1-4(10)6(5(11)2-3)15-8(14)16-7(12)13/h1-2H,(H6,12,13,14,15,16). The monoisotopic (exact) mass is 291 g/mol. The van der Waals surface area contributed by atoms with Crippen molar-refractivity contribution in [1.29, 1.82) is 0 Å². The number of rotatable bonds is 1. The number of halogens is 3. The zero-order valence-electron chi connectivity index (χ0n) is 7.92. The van der Waals surface area contributed by atoms with Gasteiger partial charge in [-0.2, -0.15) is 4.99 Å². The van der Waals surface area contributed by atoms with Crippen LogP contribution in [0.5, 0.6) is 0 Å². The van der Waals surface area contributed by atoms with Gasteiger partial charge in [0, 0.05) is 4.47 Å². The van der Waals surface area contributed by atoms with E-state index in [-0.39, 0.29) is 10.4 Å². The van der Waals surface area contributed by atoms with Gasteiger partial charge in [0.05, 0.1) is 0 Å². The molecule has 0 saturated carbocycles. The first kappa shape index (κ1) is 12.4. The fourth-order valence-corrected chi connectivity index (χ4v) is 1.32. The highest BCUT2D eigenvalue weighted by atomic mass is 79.9. The van der Waals surface area contributed by atoms with Crippen LogP contribution in [0.25, 0.3) is 0 Å². The van der Waals surface area contributed by atoms with Crippen LogP contribution in [0.2, 0.25) is 0 Å². The summed E-state index contributed by atoms with van der Waals surface area (Å²) in [6.07, 6.45) is 0. The molecule has 1 aromatic rings. The zero-order valence-corrected chi connectivity index (χ0v) is 9.50. The topological polar surface area (TPSA) is 103 Å². The minimum absolute atomic E-state index is 0.252. The van der Waals surface area contributed by atoms with Crippen molar-refractivity contribution in [2.45, 2.75) is 0 Å². The Morgan fingerprint density at radius 3 is 2.06 bits per heavy atom. The summed E-state index contributed by atoms with van der Waals surface area (Å²) in [7, 11) is 0. The van der Waals surface area contributed by atoms with E-state index >= 15 is 0 Å².